The van der Waals surface area contributed by atoms with Crippen molar-refractivity contribution < 1.29 is 23.7 Å². The van der Waals surface area contributed by atoms with Crippen molar-refractivity contribution in [1.82, 2.24) is 0 Å². The van der Waals surface area contributed by atoms with Crippen LogP contribution in [0.4, 0.5) is 11.4 Å². The van der Waals surface area contributed by atoms with Crippen LogP contribution in [0.15, 0.2) is 78.9 Å². The summed E-state index contributed by atoms with van der Waals surface area (Å²) >= 11 is 0. The fourth-order valence-electron chi connectivity index (χ4n) is 3.52. The Hall–Kier alpha value is -3.71. The molecular formula is C27H30N2O5. The minimum atomic E-state index is -0.150. The molecular weight excluding hydrogens is 432 g/mol. The smallest absolute Gasteiger partial charge is 0.243 e. The number of rotatable bonds is 12. The quantitative estimate of drug-likeness (QED) is 0.378. The Morgan fingerprint density at radius 2 is 1.56 bits per heavy atom. The second-order valence-electron chi connectivity index (χ2n) is 7.91. The number of para-hydroxylation sites is 1. The van der Waals surface area contributed by atoms with Crippen LogP contribution in [0.25, 0.3) is 0 Å². The molecule has 1 saturated heterocycles. The summed E-state index contributed by atoms with van der Waals surface area (Å²) in [5.74, 6) is 2.11. The predicted molar refractivity (Wildman–Crippen MR) is 132 cm³/mol. The van der Waals surface area contributed by atoms with Crippen LogP contribution in [-0.4, -0.2) is 45.0 Å². The topological polar surface area (TPSA) is 78.1 Å². The summed E-state index contributed by atoms with van der Waals surface area (Å²) in [6, 6.07) is 24.5. The Kier molecular flexibility index (Phi) is 8.63. The molecule has 1 amide bonds. The minimum absolute atomic E-state index is 0.145. The van der Waals surface area contributed by atoms with Gasteiger partial charge in [-0.05, 0) is 61.4 Å². The van der Waals surface area contributed by atoms with Gasteiger partial charge in [-0.2, -0.15) is 0 Å². The van der Waals surface area contributed by atoms with Crippen LogP contribution in [-0.2, 0) is 9.53 Å². The number of hydrogen-bond donors (Lipinski definition) is 2. The van der Waals surface area contributed by atoms with Crippen molar-refractivity contribution in [1.29, 1.82) is 0 Å². The molecule has 1 aliphatic heterocycles. The van der Waals surface area contributed by atoms with Crippen molar-refractivity contribution >= 4 is 17.3 Å². The maximum Gasteiger partial charge on any atom is 0.243 e. The molecule has 3 aromatic rings. The normalized spacial score (nSPS) is 14.9. The third-order valence-electron chi connectivity index (χ3n) is 5.25. The summed E-state index contributed by atoms with van der Waals surface area (Å²) in [5, 5.41) is 6.00. The van der Waals surface area contributed by atoms with E-state index in [1.54, 1.807) is 6.07 Å². The maximum atomic E-state index is 12.4. The zero-order chi connectivity index (χ0) is 23.4. The molecule has 178 valence electrons. The van der Waals surface area contributed by atoms with Crippen LogP contribution in [0.5, 0.6) is 17.2 Å². The van der Waals surface area contributed by atoms with Crippen LogP contribution >= 0.6 is 0 Å². The van der Waals surface area contributed by atoms with E-state index in [-0.39, 0.29) is 18.6 Å². The summed E-state index contributed by atoms with van der Waals surface area (Å²) in [6.45, 7) is 2.37. The lowest BCUT2D eigenvalue weighted by Gasteiger charge is -2.12. The minimum Gasteiger partial charge on any atom is -0.491 e. The molecule has 7 heteroatoms. The summed E-state index contributed by atoms with van der Waals surface area (Å²) in [5.41, 5.74) is 1.52. The highest BCUT2D eigenvalue weighted by Gasteiger charge is 2.15. The lowest BCUT2D eigenvalue weighted by atomic mass is 10.2. The lowest BCUT2D eigenvalue weighted by Crippen LogP contribution is -2.21. The average molecular weight is 463 g/mol. The van der Waals surface area contributed by atoms with E-state index in [1.807, 2.05) is 72.8 Å². The zero-order valence-corrected chi connectivity index (χ0v) is 19.1. The molecule has 0 saturated carbocycles. The van der Waals surface area contributed by atoms with Gasteiger partial charge in [0.15, 0.2) is 0 Å². The van der Waals surface area contributed by atoms with Gasteiger partial charge in [0.25, 0.3) is 0 Å². The number of amides is 1. The molecule has 2 N–H and O–H groups in total. The zero-order valence-electron chi connectivity index (χ0n) is 19.1. The van der Waals surface area contributed by atoms with Crippen molar-refractivity contribution in [2.75, 3.05) is 43.6 Å². The van der Waals surface area contributed by atoms with Gasteiger partial charge in [0, 0.05) is 24.0 Å². The highest BCUT2D eigenvalue weighted by Crippen LogP contribution is 2.19. The van der Waals surface area contributed by atoms with E-state index < -0.39 is 0 Å². The van der Waals surface area contributed by atoms with Gasteiger partial charge >= 0.3 is 0 Å². The molecule has 7 nitrogen and oxygen atoms in total. The second-order valence-corrected chi connectivity index (χ2v) is 7.91. The van der Waals surface area contributed by atoms with E-state index in [1.165, 1.54) is 0 Å². The van der Waals surface area contributed by atoms with Gasteiger partial charge in [0.2, 0.25) is 5.91 Å². The summed E-state index contributed by atoms with van der Waals surface area (Å²) in [4.78, 5) is 12.4. The largest absolute Gasteiger partial charge is 0.491 e. The lowest BCUT2D eigenvalue weighted by molar-refractivity contribution is -0.114. The average Bonchev–Trinajstić information content (AvgIpc) is 3.39. The number of hydrogen-bond acceptors (Lipinski definition) is 6. The molecule has 0 aliphatic carbocycles. The van der Waals surface area contributed by atoms with Crippen molar-refractivity contribution in [3.05, 3.63) is 78.9 Å². The standard InChI is InChI=1S/C27H30N2O5/c30-27(19-28-21-11-13-24(14-12-21)34-20-26-10-5-15-31-26)29-22-6-4-9-25(18-22)33-17-16-32-23-7-2-1-3-8-23/h1-4,6-9,11-14,18,26,28H,5,10,15-17,19-20H2,(H,29,30). The first-order valence-electron chi connectivity index (χ1n) is 11.5. The Labute approximate surface area is 200 Å². The summed E-state index contributed by atoms with van der Waals surface area (Å²) in [6.07, 6.45) is 2.33. The van der Waals surface area contributed by atoms with Crippen molar-refractivity contribution in [3.63, 3.8) is 0 Å². The van der Waals surface area contributed by atoms with E-state index >= 15 is 0 Å². The fourth-order valence-corrected chi connectivity index (χ4v) is 3.52. The van der Waals surface area contributed by atoms with Gasteiger partial charge < -0.3 is 29.6 Å². The Bertz CT molecular complexity index is 1020. The number of carbonyl (C=O) groups excluding carboxylic acids is 1. The SMILES string of the molecule is O=C(CNc1ccc(OCC2CCCO2)cc1)Nc1cccc(OCCOc2ccccc2)c1. The third-order valence-corrected chi connectivity index (χ3v) is 5.25. The van der Waals surface area contributed by atoms with Crippen LogP contribution in [0.1, 0.15) is 12.8 Å². The van der Waals surface area contributed by atoms with Gasteiger partial charge in [-0.3, -0.25) is 4.79 Å². The molecule has 1 atom stereocenters. The van der Waals surface area contributed by atoms with E-state index in [4.69, 9.17) is 18.9 Å². The number of benzene rings is 3. The molecule has 1 aliphatic rings. The molecule has 34 heavy (non-hydrogen) atoms. The molecule has 1 heterocycles. The highest BCUT2D eigenvalue weighted by molar-refractivity contribution is 5.93. The molecule has 3 aromatic carbocycles. The second kappa shape index (κ2) is 12.5. The van der Waals surface area contributed by atoms with Crippen molar-refractivity contribution in [2.24, 2.45) is 0 Å². The molecule has 0 bridgehead atoms. The summed E-state index contributed by atoms with van der Waals surface area (Å²) < 4.78 is 22.7. The molecule has 0 radical (unpaired) electrons. The first kappa shape index (κ1) is 23.4. The molecule has 4 rings (SSSR count). The maximum absolute atomic E-state index is 12.4. The van der Waals surface area contributed by atoms with E-state index in [0.717, 1.165) is 36.6 Å². The number of nitrogens with one attached hydrogen (secondary N) is 2. The van der Waals surface area contributed by atoms with Crippen LogP contribution in [0.2, 0.25) is 0 Å². The predicted octanol–water partition coefficient (Wildman–Crippen LogP) is 4.75. The molecule has 1 unspecified atom stereocenters. The Balaban J connectivity index is 1.15. The number of carbonyl (C=O) groups is 1. The van der Waals surface area contributed by atoms with Crippen LogP contribution in [0.3, 0.4) is 0 Å². The van der Waals surface area contributed by atoms with Crippen LogP contribution < -0.4 is 24.8 Å². The Morgan fingerprint density at radius 3 is 2.32 bits per heavy atom. The van der Waals surface area contributed by atoms with Gasteiger partial charge in [0.1, 0.15) is 37.1 Å². The third kappa shape index (κ3) is 7.71. The van der Waals surface area contributed by atoms with Crippen molar-refractivity contribution in [2.45, 2.75) is 18.9 Å². The van der Waals surface area contributed by atoms with Gasteiger partial charge in [-0.1, -0.05) is 24.3 Å². The van der Waals surface area contributed by atoms with E-state index in [2.05, 4.69) is 10.6 Å². The summed E-state index contributed by atoms with van der Waals surface area (Å²) in [7, 11) is 0. The number of anilines is 2. The first-order chi connectivity index (χ1) is 16.7. The molecule has 1 fully saturated rings. The highest BCUT2D eigenvalue weighted by atomic mass is 16.5. The monoisotopic (exact) mass is 462 g/mol. The molecule has 0 aromatic heterocycles. The van der Waals surface area contributed by atoms with Gasteiger partial charge in [-0.15, -0.1) is 0 Å². The fraction of sp³-hybridized carbons (Fsp3) is 0.296. The van der Waals surface area contributed by atoms with Crippen molar-refractivity contribution in [3.8, 4) is 17.2 Å². The first-order valence-corrected chi connectivity index (χ1v) is 11.5. The Morgan fingerprint density at radius 1 is 0.824 bits per heavy atom. The van der Waals surface area contributed by atoms with E-state index in [9.17, 15) is 4.79 Å². The van der Waals surface area contributed by atoms with E-state index in [0.29, 0.717) is 31.3 Å². The van der Waals surface area contributed by atoms with Gasteiger partial charge in [-0.25, -0.2) is 0 Å². The molecule has 0 spiro atoms. The van der Waals surface area contributed by atoms with Crippen LogP contribution in [0, 0.1) is 0 Å². The van der Waals surface area contributed by atoms with Gasteiger partial charge in [0.05, 0.1) is 12.6 Å². The number of ether oxygens (including phenoxy) is 4.